The van der Waals surface area contributed by atoms with E-state index in [0.717, 1.165) is 6.07 Å². The van der Waals surface area contributed by atoms with Crippen molar-refractivity contribution in [2.24, 2.45) is 0 Å². The van der Waals surface area contributed by atoms with E-state index < -0.39 is 23.3 Å². The Morgan fingerprint density at radius 2 is 1.81 bits per heavy atom. The van der Waals surface area contributed by atoms with Crippen molar-refractivity contribution < 1.29 is 32.5 Å². The Labute approximate surface area is 120 Å². The van der Waals surface area contributed by atoms with E-state index in [2.05, 4.69) is 0 Å². The fraction of sp³-hybridized carbons (Fsp3) is 0.500. The molecule has 0 bridgehead atoms. The van der Waals surface area contributed by atoms with Crippen LogP contribution in [0.25, 0.3) is 0 Å². The van der Waals surface area contributed by atoms with E-state index in [1.165, 1.54) is 6.07 Å². The average molecular weight is 306 g/mol. The Balaban J connectivity index is 2.80. The van der Waals surface area contributed by atoms with Crippen LogP contribution >= 0.6 is 0 Å². The van der Waals surface area contributed by atoms with Gasteiger partial charge in [0, 0.05) is 0 Å². The van der Waals surface area contributed by atoms with Crippen molar-refractivity contribution in [3.63, 3.8) is 0 Å². The number of ether oxygens (including phenoxy) is 2. The van der Waals surface area contributed by atoms with Crippen molar-refractivity contribution >= 4 is 5.97 Å². The molecule has 21 heavy (non-hydrogen) atoms. The van der Waals surface area contributed by atoms with Gasteiger partial charge in [-0.1, -0.05) is 0 Å². The van der Waals surface area contributed by atoms with Gasteiger partial charge in [0.25, 0.3) is 0 Å². The van der Waals surface area contributed by atoms with Crippen LogP contribution in [-0.2, 0) is 10.9 Å². The van der Waals surface area contributed by atoms with Crippen molar-refractivity contribution in [3.8, 4) is 5.75 Å². The van der Waals surface area contributed by atoms with E-state index >= 15 is 0 Å². The normalized spacial score (nSPS) is 12.3. The molecule has 0 amide bonds. The maximum Gasteiger partial charge on any atom is 0.417 e. The van der Waals surface area contributed by atoms with Gasteiger partial charge in [-0.25, -0.2) is 4.79 Å². The molecular formula is C14H17F3O4. The SMILES string of the molecule is CC(C)(C)OCCOc1ccc(C(=O)O)c(C(F)(F)F)c1. The minimum Gasteiger partial charge on any atom is -0.491 e. The first-order valence-corrected chi connectivity index (χ1v) is 6.22. The highest BCUT2D eigenvalue weighted by Crippen LogP contribution is 2.34. The molecule has 0 aliphatic heterocycles. The Bertz CT molecular complexity index is 504. The summed E-state index contributed by atoms with van der Waals surface area (Å²) in [5.41, 5.74) is -2.40. The molecule has 0 fully saturated rings. The molecule has 7 heteroatoms. The second-order valence-corrected chi connectivity index (χ2v) is 5.32. The first-order chi connectivity index (χ1) is 9.50. The maximum atomic E-state index is 12.8. The zero-order valence-corrected chi connectivity index (χ0v) is 12.0. The predicted molar refractivity (Wildman–Crippen MR) is 69.6 cm³/mol. The van der Waals surface area contributed by atoms with Gasteiger partial charge in [0.05, 0.1) is 23.3 Å². The number of aromatic carboxylic acids is 1. The van der Waals surface area contributed by atoms with Crippen LogP contribution < -0.4 is 4.74 Å². The summed E-state index contributed by atoms with van der Waals surface area (Å²) in [6.07, 6.45) is -4.75. The summed E-state index contributed by atoms with van der Waals surface area (Å²) in [7, 11) is 0. The largest absolute Gasteiger partial charge is 0.491 e. The molecule has 0 aliphatic rings. The first kappa shape index (κ1) is 17.3. The Kier molecular flexibility index (Phi) is 5.22. The number of alkyl halides is 3. The second kappa shape index (κ2) is 6.34. The highest BCUT2D eigenvalue weighted by molar-refractivity contribution is 5.89. The molecule has 4 nitrogen and oxygen atoms in total. The Hall–Kier alpha value is -1.76. The lowest BCUT2D eigenvalue weighted by Gasteiger charge is -2.19. The molecule has 0 unspecified atom stereocenters. The molecule has 0 saturated heterocycles. The van der Waals surface area contributed by atoms with Crippen molar-refractivity contribution in [1.82, 2.24) is 0 Å². The monoisotopic (exact) mass is 306 g/mol. The molecule has 0 saturated carbocycles. The van der Waals surface area contributed by atoms with E-state index in [9.17, 15) is 18.0 Å². The van der Waals surface area contributed by atoms with Gasteiger partial charge >= 0.3 is 12.1 Å². The van der Waals surface area contributed by atoms with Crippen LogP contribution in [-0.4, -0.2) is 29.9 Å². The smallest absolute Gasteiger partial charge is 0.417 e. The number of halogens is 3. The molecule has 1 rings (SSSR count). The van der Waals surface area contributed by atoms with Gasteiger partial charge in [-0.3, -0.25) is 0 Å². The van der Waals surface area contributed by atoms with Gasteiger partial charge in [-0.05, 0) is 39.0 Å². The van der Waals surface area contributed by atoms with Gasteiger partial charge in [-0.2, -0.15) is 13.2 Å². The molecule has 0 spiro atoms. The number of hydrogen-bond acceptors (Lipinski definition) is 3. The van der Waals surface area contributed by atoms with E-state index in [0.29, 0.717) is 6.07 Å². The van der Waals surface area contributed by atoms with Crippen LogP contribution in [0, 0.1) is 0 Å². The quantitative estimate of drug-likeness (QED) is 0.845. The Morgan fingerprint density at radius 3 is 2.29 bits per heavy atom. The van der Waals surface area contributed by atoms with Gasteiger partial charge in [-0.15, -0.1) is 0 Å². The highest BCUT2D eigenvalue weighted by atomic mass is 19.4. The molecule has 1 aromatic carbocycles. The van der Waals surface area contributed by atoms with Crippen molar-refractivity contribution in [1.29, 1.82) is 0 Å². The summed E-state index contributed by atoms with van der Waals surface area (Å²) >= 11 is 0. The van der Waals surface area contributed by atoms with Gasteiger partial charge in [0.2, 0.25) is 0 Å². The van der Waals surface area contributed by atoms with Crippen molar-refractivity contribution in [3.05, 3.63) is 29.3 Å². The summed E-state index contributed by atoms with van der Waals surface area (Å²) in [4.78, 5) is 10.8. The number of hydrogen-bond donors (Lipinski definition) is 1. The maximum absolute atomic E-state index is 12.8. The van der Waals surface area contributed by atoms with E-state index in [4.69, 9.17) is 14.6 Å². The second-order valence-electron chi connectivity index (χ2n) is 5.32. The zero-order valence-electron chi connectivity index (χ0n) is 12.0. The Morgan fingerprint density at radius 1 is 1.19 bits per heavy atom. The van der Waals surface area contributed by atoms with Crippen molar-refractivity contribution in [2.45, 2.75) is 32.5 Å². The number of carboxylic acids is 1. The average Bonchev–Trinajstić information content (AvgIpc) is 2.32. The molecular weight excluding hydrogens is 289 g/mol. The molecule has 118 valence electrons. The van der Waals surface area contributed by atoms with E-state index in [-0.39, 0.29) is 24.6 Å². The predicted octanol–water partition coefficient (Wildman–Crippen LogP) is 3.60. The molecule has 1 N–H and O–H groups in total. The van der Waals surface area contributed by atoms with Crippen LogP contribution in [0.15, 0.2) is 18.2 Å². The third kappa shape index (κ3) is 5.63. The zero-order chi connectivity index (χ0) is 16.3. The fourth-order valence-electron chi connectivity index (χ4n) is 1.54. The molecule has 0 radical (unpaired) electrons. The van der Waals surface area contributed by atoms with E-state index in [1.807, 2.05) is 20.8 Å². The summed E-state index contributed by atoms with van der Waals surface area (Å²) in [5.74, 6) is -1.69. The molecule has 0 aromatic heterocycles. The lowest BCUT2D eigenvalue weighted by molar-refractivity contribution is -0.138. The number of rotatable bonds is 5. The lowest BCUT2D eigenvalue weighted by atomic mass is 10.1. The van der Waals surface area contributed by atoms with Crippen LogP contribution in [0.4, 0.5) is 13.2 Å². The summed E-state index contributed by atoms with van der Waals surface area (Å²) in [6.45, 7) is 5.82. The minimum atomic E-state index is -4.75. The number of benzene rings is 1. The van der Waals surface area contributed by atoms with Crippen molar-refractivity contribution in [2.75, 3.05) is 13.2 Å². The van der Waals surface area contributed by atoms with Gasteiger partial charge < -0.3 is 14.6 Å². The van der Waals surface area contributed by atoms with Crippen LogP contribution in [0.2, 0.25) is 0 Å². The topological polar surface area (TPSA) is 55.8 Å². The van der Waals surface area contributed by atoms with Gasteiger partial charge in [0.1, 0.15) is 12.4 Å². The van der Waals surface area contributed by atoms with Gasteiger partial charge in [0.15, 0.2) is 0 Å². The number of carbonyl (C=O) groups is 1. The fourth-order valence-corrected chi connectivity index (χ4v) is 1.54. The summed E-state index contributed by atoms with van der Waals surface area (Å²) < 4.78 is 48.9. The first-order valence-electron chi connectivity index (χ1n) is 6.22. The third-order valence-electron chi connectivity index (χ3n) is 2.41. The standard InChI is InChI=1S/C14H17F3O4/c1-13(2,3)21-7-6-20-9-4-5-10(12(18)19)11(8-9)14(15,16)17/h4-5,8H,6-7H2,1-3H3,(H,18,19). The van der Waals surface area contributed by atoms with E-state index in [1.54, 1.807) is 0 Å². The molecule has 0 heterocycles. The van der Waals surface area contributed by atoms with Crippen LogP contribution in [0.5, 0.6) is 5.75 Å². The molecule has 0 atom stereocenters. The van der Waals surface area contributed by atoms with Crippen LogP contribution in [0.3, 0.4) is 0 Å². The molecule has 0 aliphatic carbocycles. The highest BCUT2D eigenvalue weighted by Gasteiger charge is 2.35. The lowest BCUT2D eigenvalue weighted by Crippen LogP contribution is -2.22. The summed E-state index contributed by atoms with van der Waals surface area (Å²) in [5, 5.41) is 8.76. The minimum absolute atomic E-state index is 0.0511. The van der Waals surface area contributed by atoms with Crippen LogP contribution in [0.1, 0.15) is 36.7 Å². The molecule has 1 aromatic rings. The third-order valence-corrected chi connectivity index (χ3v) is 2.41. The number of carboxylic acid groups (broad SMARTS) is 1. The summed E-state index contributed by atoms with van der Waals surface area (Å²) in [6, 6.07) is 2.75.